The van der Waals surface area contributed by atoms with Crippen LogP contribution in [0.2, 0.25) is 5.02 Å². The number of nitrogens with one attached hydrogen (secondary N) is 1. The van der Waals surface area contributed by atoms with Gasteiger partial charge in [-0.25, -0.2) is 8.42 Å². The second-order valence-electron chi connectivity index (χ2n) is 9.32. The lowest BCUT2D eigenvalue weighted by molar-refractivity contribution is -0.139. The number of carbonyl (C=O) groups is 2. The molecular formula is C29H34ClN3O6S. The number of rotatable bonds is 12. The SMILES string of the molecule is COc1ccc(S(=O)(=O)N(CC(=O)N(Cc2ccccc2Cl)C(C)C(=O)NC(C)C)c2ccccc2)cc1OC. The first-order valence-electron chi connectivity index (χ1n) is 12.6. The van der Waals surface area contributed by atoms with Gasteiger partial charge in [0.05, 0.1) is 24.8 Å². The van der Waals surface area contributed by atoms with E-state index >= 15 is 0 Å². The monoisotopic (exact) mass is 587 g/mol. The summed E-state index contributed by atoms with van der Waals surface area (Å²) in [6.45, 7) is 4.67. The molecule has 0 aliphatic carbocycles. The standard InChI is InChI=1S/C29H34ClN3O6S/c1-20(2)31-29(35)21(3)32(18-22-11-9-10-14-25(22)30)28(34)19-33(23-12-7-6-8-13-23)40(36,37)24-15-16-26(38-4)27(17-24)39-5/h6-17,20-21H,18-19H2,1-5H3,(H,31,35). The maximum Gasteiger partial charge on any atom is 0.264 e. The van der Waals surface area contributed by atoms with E-state index in [-0.39, 0.29) is 34.8 Å². The minimum Gasteiger partial charge on any atom is -0.493 e. The summed E-state index contributed by atoms with van der Waals surface area (Å²) in [5.74, 6) is -0.370. The summed E-state index contributed by atoms with van der Waals surface area (Å²) in [6, 6.07) is 18.4. The lowest BCUT2D eigenvalue weighted by Crippen LogP contribution is -2.52. The van der Waals surface area contributed by atoms with Crippen LogP contribution in [0.3, 0.4) is 0 Å². The highest BCUT2D eigenvalue weighted by molar-refractivity contribution is 7.92. The van der Waals surface area contributed by atoms with Crippen molar-refractivity contribution < 1.29 is 27.5 Å². The van der Waals surface area contributed by atoms with Gasteiger partial charge in [-0.15, -0.1) is 0 Å². The van der Waals surface area contributed by atoms with Gasteiger partial charge >= 0.3 is 0 Å². The molecule has 0 fully saturated rings. The van der Waals surface area contributed by atoms with E-state index in [0.29, 0.717) is 16.3 Å². The fraction of sp³-hybridized carbons (Fsp3) is 0.310. The Morgan fingerprint density at radius 2 is 1.52 bits per heavy atom. The van der Waals surface area contributed by atoms with Crippen molar-refractivity contribution in [3.05, 3.63) is 83.4 Å². The summed E-state index contributed by atoms with van der Waals surface area (Å²) in [5.41, 5.74) is 0.901. The smallest absolute Gasteiger partial charge is 0.264 e. The second kappa shape index (κ2) is 13.5. The number of halogens is 1. The number of benzene rings is 3. The molecule has 0 aliphatic rings. The molecule has 1 unspecified atom stereocenters. The van der Waals surface area contributed by atoms with Gasteiger partial charge in [0.2, 0.25) is 11.8 Å². The summed E-state index contributed by atoms with van der Waals surface area (Å²) in [7, 11) is -1.41. The molecule has 3 rings (SSSR count). The predicted octanol–water partition coefficient (Wildman–Crippen LogP) is 4.49. The Balaban J connectivity index is 2.05. The highest BCUT2D eigenvalue weighted by atomic mass is 35.5. The topological polar surface area (TPSA) is 105 Å². The molecule has 0 aromatic heterocycles. The molecule has 0 saturated heterocycles. The van der Waals surface area contributed by atoms with E-state index in [9.17, 15) is 18.0 Å². The number of para-hydroxylation sites is 1. The Bertz CT molecular complexity index is 1430. The van der Waals surface area contributed by atoms with Crippen LogP contribution in [0.25, 0.3) is 0 Å². The average Bonchev–Trinajstić information content (AvgIpc) is 2.94. The van der Waals surface area contributed by atoms with E-state index in [1.54, 1.807) is 61.5 Å². The molecule has 0 spiro atoms. The third-order valence-corrected chi connectivity index (χ3v) is 8.30. The number of nitrogens with zero attached hydrogens (tertiary/aromatic N) is 2. The van der Waals surface area contributed by atoms with Crippen LogP contribution in [0.4, 0.5) is 5.69 Å². The van der Waals surface area contributed by atoms with Crippen molar-refractivity contribution >= 4 is 39.1 Å². The summed E-state index contributed by atoms with van der Waals surface area (Å²) in [6.07, 6.45) is 0. The number of amides is 2. The second-order valence-corrected chi connectivity index (χ2v) is 11.6. The third kappa shape index (κ3) is 7.25. The Hall–Kier alpha value is -3.76. The van der Waals surface area contributed by atoms with Gasteiger partial charge in [0, 0.05) is 23.7 Å². The quantitative estimate of drug-likeness (QED) is 0.335. The summed E-state index contributed by atoms with van der Waals surface area (Å²) < 4.78 is 39.5. The van der Waals surface area contributed by atoms with Crippen LogP contribution in [-0.2, 0) is 26.2 Å². The van der Waals surface area contributed by atoms with Crippen molar-refractivity contribution in [3.8, 4) is 11.5 Å². The highest BCUT2D eigenvalue weighted by Gasteiger charge is 2.33. The predicted molar refractivity (Wildman–Crippen MR) is 155 cm³/mol. The first-order chi connectivity index (χ1) is 19.0. The van der Waals surface area contributed by atoms with Crippen LogP contribution >= 0.6 is 11.6 Å². The third-order valence-electron chi connectivity index (χ3n) is 6.16. The minimum absolute atomic E-state index is 0.00419. The number of ether oxygens (including phenoxy) is 2. The van der Waals surface area contributed by atoms with E-state index in [1.165, 1.54) is 37.3 Å². The van der Waals surface area contributed by atoms with Crippen molar-refractivity contribution in [3.63, 3.8) is 0 Å². The zero-order chi connectivity index (χ0) is 29.4. The highest BCUT2D eigenvalue weighted by Crippen LogP contribution is 2.32. The number of carbonyl (C=O) groups excluding carboxylic acids is 2. The zero-order valence-corrected chi connectivity index (χ0v) is 24.7. The van der Waals surface area contributed by atoms with Crippen molar-refractivity contribution in [1.29, 1.82) is 0 Å². The van der Waals surface area contributed by atoms with Gasteiger partial charge in [-0.1, -0.05) is 48.0 Å². The molecule has 11 heteroatoms. The van der Waals surface area contributed by atoms with Gasteiger partial charge in [0.1, 0.15) is 12.6 Å². The van der Waals surface area contributed by atoms with Crippen LogP contribution in [0.5, 0.6) is 11.5 Å². The maximum absolute atomic E-state index is 14.0. The minimum atomic E-state index is -4.26. The van der Waals surface area contributed by atoms with Gasteiger partial charge in [-0.2, -0.15) is 0 Å². The first kappa shape index (κ1) is 30.8. The lowest BCUT2D eigenvalue weighted by atomic mass is 10.1. The summed E-state index contributed by atoms with van der Waals surface area (Å²) in [4.78, 5) is 28.2. The number of hydrogen-bond acceptors (Lipinski definition) is 6. The van der Waals surface area contributed by atoms with Gasteiger partial charge < -0.3 is 19.7 Å². The fourth-order valence-corrected chi connectivity index (χ4v) is 5.65. The van der Waals surface area contributed by atoms with Crippen LogP contribution in [0.15, 0.2) is 77.7 Å². The van der Waals surface area contributed by atoms with Crippen molar-refractivity contribution in [2.75, 3.05) is 25.1 Å². The molecule has 3 aromatic rings. The number of anilines is 1. The zero-order valence-electron chi connectivity index (χ0n) is 23.1. The molecule has 0 bridgehead atoms. The van der Waals surface area contributed by atoms with E-state index in [0.717, 1.165) is 4.31 Å². The van der Waals surface area contributed by atoms with Crippen LogP contribution in [0.1, 0.15) is 26.3 Å². The largest absolute Gasteiger partial charge is 0.493 e. The van der Waals surface area contributed by atoms with E-state index in [4.69, 9.17) is 21.1 Å². The Kier molecular flexibility index (Phi) is 10.4. The lowest BCUT2D eigenvalue weighted by Gasteiger charge is -2.32. The molecule has 0 radical (unpaired) electrons. The summed E-state index contributed by atoms with van der Waals surface area (Å²) in [5, 5.41) is 3.24. The molecule has 1 N–H and O–H groups in total. The Labute approximate surface area is 240 Å². The Morgan fingerprint density at radius 1 is 0.900 bits per heavy atom. The fourth-order valence-electron chi connectivity index (χ4n) is 4.03. The molecule has 1 atom stereocenters. The molecule has 0 heterocycles. The first-order valence-corrected chi connectivity index (χ1v) is 14.4. The van der Waals surface area contributed by atoms with Crippen molar-refractivity contribution in [2.45, 2.75) is 44.3 Å². The van der Waals surface area contributed by atoms with Crippen LogP contribution in [-0.4, -0.2) is 58.0 Å². The van der Waals surface area contributed by atoms with E-state index in [2.05, 4.69) is 5.32 Å². The molecule has 3 aromatic carbocycles. The number of hydrogen-bond donors (Lipinski definition) is 1. The average molecular weight is 588 g/mol. The summed E-state index contributed by atoms with van der Waals surface area (Å²) >= 11 is 6.38. The van der Waals surface area contributed by atoms with Gasteiger partial charge in [-0.3, -0.25) is 13.9 Å². The Morgan fingerprint density at radius 3 is 2.12 bits per heavy atom. The van der Waals surface area contributed by atoms with Gasteiger partial charge in [0.15, 0.2) is 11.5 Å². The normalized spacial score (nSPS) is 12.0. The molecular weight excluding hydrogens is 554 g/mol. The molecule has 40 heavy (non-hydrogen) atoms. The number of methoxy groups -OCH3 is 2. The maximum atomic E-state index is 14.0. The van der Waals surface area contributed by atoms with Crippen LogP contribution < -0.4 is 19.1 Å². The number of sulfonamides is 1. The van der Waals surface area contributed by atoms with Gasteiger partial charge in [0.25, 0.3) is 10.0 Å². The van der Waals surface area contributed by atoms with Crippen LogP contribution in [0, 0.1) is 0 Å². The van der Waals surface area contributed by atoms with Crippen molar-refractivity contribution in [2.24, 2.45) is 0 Å². The molecule has 0 saturated carbocycles. The van der Waals surface area contributed by atoms with E-state index < -0.39 is 28.5 Å². The molecule has 2 amide bonds. The van der Waals surface area contributed by atoms with Crippen molar-refractivity contribution in [1.82, 2.24) is 10.2 Å². The molecule has 9 nitrogen and oxygen atoms in total. The molecule has 0 aliphatic heterocycles. The van der Waals surface area contributed by atoms with E-state index in [1.807, 2.05) is 13.8 Å². The van der Waals surface area contributed by atoms with Gasteiger partial charge in [-0.05, 0) is 56.7 Å². The molecule has 214 valence electrons.